The smallest absolute Gasteiger partial charge is 0.305 e. The fraction of sp³-hybridized carbons (Fsp3) is 0.364. The molecule has 1 heterocycles. The van der Waals surface area contributed by atoms with Gasteiger partial charge >= 0.3 is 5.97 Å². The van der Waals surface area contributed by atoms with Crippen LogP contribution in [0.15, 0.2) is 18.3 Å². The zero-order valence-corrected chi connectivity index (χ0v) is 10.1. The van der Waals surface area contributed by atoms with E-state index in [9.17, 15) is 9.59 Å². The number of aromatic nitrogens is 1. The van der Waals surface area contributed by atoms with Crippen LogP contribution < -0.4 is 5.32 Å². The minimum absolute atomic E-state index is 0.107. The number of carboxylic acid groups (broad SMARTS) is 1. The zero-order chi connectivity index (χ0) is 12.8. The van der Waals surface area contributed by atoms with Crippen LogP contribution in [-0.4, -0.2) is 28.0 Å². The van der Waals surface area contributed by atoms with Gasteiger partial charge in [-0.2, -0.15) is 0 Å². The quantitative estimate of drug-likeness (QED) is 0.786. The summed E-state index contributed by atoms with van der Waals surface area (Å²) in [6, 6.07) is 2.73. The summed E-state index contributed by atoms with van der Waals surface area (Å²) < 4.78 is 0. The second kappa shape index (κ2) is 6.20. The molecular weight excluding hydrogens is 244 g/mol. The molecule has 17 heavy (non-hydrogen) atoms. The van der Waals surface area contributed by atoms with Crippen molar-refractivity contribution in [2.75, 3.05) is 0 Å². The van der Waals surface area contributed by atoms with Gasteiger partial charge in [0.05, 0.1) is 12.0 Å². The van der Waals surface area contributed by atoms with E-state index in [1.165, 1.54) is 12.3 Å². The summed E-state index contributed by atoms with van der Waals surface area (Å²) in [6.07, 6.45) is 1.91. The first-order valence-electron chi connectivity index (χ1n) is 5.17. The van der Waals surface area contributed by atoms with Crippen LogP contribution in [0.1, 0.15) is 30.1 Å². The van der Waals surface area contributed by atoms with Crippen molar-refractivity contribution in [3.63, 3.8) is 0 Å². The first-order chi connectivity index (χ1) is 8.04. The molecule has 1 unspecified atom stereocenters. The van der Waals surface area contributed by atoms with Crippen LogP contribution in [-0.2, 0) is 4.79 Å². The van der Waals surface area contributed by atoms with E-state index in [1.54, 1.807) is 13.0 Å². The van der Waals surface area contributed by atoms with Gasteiger partial charge in [-0.05, 0) is 18.6 Å². The number of amides is 1. The summed E-state index contributed by atoms with van der Waals surface area (Å²) in [7, 11) is 0. The van der Waals surface area contributed by atoms with E-state index >= 15 is 0 Å². The van der Waals surface area contributed by atoms with E-state index in [4.69, 9.17) is 16.7 Å². The van der Waals surface area contributed by atoms with Crippen molar-refractivity contribution in [1.29, 1.82) is 0 Å². The molecule has 0 aromatic carbocycles. The molecule has 0 saturated carbocycles. The maximum absolute atomic E-state index is 11.8. The summed E-state index contributed by atoms with van der Waals surface area (Å²) in [6.45, 7) is 1.80. The second-order valence-corrected chi connectivity index (χ2v) is 3.88. The molecule has 0 radical (unpaired) electrons. The number of aliphatic carboxylic acids is 1. The summed E-state index contributed by atoms with van der Waals surface area (Å²) in [4.78, 5) is 26.1. The van der Waals surface area contributed by atoms with Crippen molar-refractivity contribution in [3.05, 3.63) is 29.0 Å². The lowest BCUT2D eigenvalue weighted by Gasteiger charge is -2.14. The van der Waals surface area contributed by atoms with Crippen molar-refractivity contribution >= 4 is 23.5 Å². The number of carbonyl (C=O) groups is 2. The molecule has 0 saturated heterocycles. The molecule has 1 aromatic rings. The Kier molecular flexibility index (Phi) is 4.90. The van der Waals surface area contributed by atoms with Crippen molar-refractivity contribution in [2.45, 2.75) is 25.8 Å². The summed E-state index contributed by atoms with van der Waals surface area (Å²) >= 11 is 5.76. The topological polar surface area (TPSA) is 79.3 Å². The van der Waals surface area contributed by atoms with Gasteiger partial charge in [0, 0.05) is 12.2 Å². The van der Waals surface area contributed by atoms with Crippen LogP contribution >= 0.6 is 11.6 Å². The maximum atomic E-state index is 11.8. The number of hydrogen-bond acceptors (Lipinski definition) is 3. The van der Waals surface area contributed by atoms with Crippen LogP contribution in [0.25, 0.3) is 0 Å². The van der Waals surface area contributed by atoms with Gasteiger partial charge in [-0.25, -0.2) is 4.98 Å². The largest absolute Gasteiger partial charge is 0.481 e. The van der Waals surface area contributed by atoms with Gasteiger partial charge in [0.2, 0.25) is 0 Å². The minimum atomic E-state index is -0.950. The van der Waals surface area contributed by atoms with Crippen LogP contribution in [0.4, 0.5) is 0 Å². The van der Waals surface area contributed by atoms with E-state index in [1.807, 2.05) is 0 Å². The van der Waals surface area contributed by atoms with E-state index in [0.29, 0.717) is 6.42 Å². The Balaban J connectivity index is 2.71. The predicted molar refractivity (Wildman–Crippen MR) is 63.0 cm³/mol. The number of carbonyl (C=O) groups excluding carboxylic acids is 1. The van der Waals surface area contributed by atoms with Crippen molar-refractivity contribution < 1.29 is 14.7 Å². The summed E-state index contributed by atoms with van der Waals surface area (Å²) in [5.41, 5.74) is 0.248. The number of pyridine rings is 1. The lowest BCUT2D eigenvalue weighted by molar-refractivity contribution is -0.137. The molecule has 0 aliphatic rings. The molecule has 0 aliphatic heterocycles. The monoisotopic (exact) mass is 256 g/mol. The van der Waals surface area contributed by atoms with Gasteiger partial charge in [0.15, 0.2) is 0 Å². The Morgan fingerprint density at radius 1 is 1.59 bits per heavy atom. The van der Waals surface area contributed by atoms with Gasteiger partial charge in [-0.3, -0.25) is 9.59 Å². The predicted octanol–water partition coefficient (Wildman–Crippen LogP) is 1.72. The molecule has 6 heteroatoms. The molecule has 2 N–H and O–H groups in total. The molecule has 1 aromatic heterocycles. The van der Waals surface area contributed by atoms with Crippen molar-refractivity contribution in [3.8, 4) is 0 Å². The number of halogens is 1. The lowest BCUT2D eigenvalue weighted by atomic mass is 10.1. The first kappa shape index (κ1) is 13.4. The highest BCUT2D eigenvalue weighted by Crippen LogP contribution is 2.12. The van der Waals surface area contributed by atoms with Crippen LogP contribution in [0.3, 0.4) is 0 Å². The number of hydrogen-bond donors (Lipinski definition) is 2. The van der Waals surface area contributed by atoms with E-state index in [-0.39, 0.29) is 17.1 Å². The molecule has 1 rings (SSSR count). The SMILES string of the molecule is CCC(CC(=O)O)NC(=O)c1cccnc1Cl. The van der Waals surface area contributed by atoms with Crippen molar-refractivity contribution in [2.24, 2.45) is 0 Å². The van der Waals surface area contributed by atoms with E-state index in [0.717, 1.165) is 0 Å². The maximum Gasteiger partial charge on any atom is 0.305 e. The van der Waals surface area contributed by atoms with E-state index in [2.05, 4.69) is 10.3 Å². The third-order valence-electron chi connectivity index (χ3n) is 2.25. The molecule has 0 bridgehead atoms. The molecule has 5 nitrogen and oxygen atoms in total. The standard InChI is InChI=1S/C11H13ClN2O3/c1-2-7(6-9(15)16)14-11(17)8-4-3-5-13-10(8)12/h3-5,7H,2,6H2,1H3,(H,14,17)(H,15,16). The van der Waals surface area contributed by atoms with E-state index < -0.39 is 17.9 Å². The highest BCUT2D eigenvalue weighted by atomic mass is 35.5. The molecule has 0 fully saturated rings. The number of carboxylic acids is 1. The molecule has 1 atom stereocenters. The Hall–Kier alpha value is -1.62. The number of rotatable bonds is 5. The Morgan fingerprint density at radius 3 is 2.82 bits per heavy atom. The minimum Gasteiger partial charge on any atom is -0.481 e. The normalized spacial score (nSPS) is 11.9. The third kappa shape index (κ3) is 4.03. The number of nitrogens with zero attached hydrogens (tertiary/aromatic N) is 1. The summed E-state index contributed by atoms with van der Waals surface area (Å²) in [5.74, 6) is -1.36. The molecule has 0 spiro atoms. The van der Waals surface area contributed by atoms with Gasteiger partial charge in [0.1, 0.15) is 5.15 Å². The van der Waals surface area contributed by atoms with Crippen LogP contribution in [0, 0.1) is 0 Å². The molecular formula is C11H13ClN2O3. The summed E-state index contributed by atoms with van der Waals surface area (Å²) in [5, 5.41) is 11.4. The first-order valence-corrected chi connectivity index (χ1v) is 5.55. The molecule has 1 amide bonds. The van der Waals surface area contributed by atoms with Gasteiger partial charge in [-0.1, -0.05) is 18.5 Å². The van der Waals surface area contributed by atoms with Gasteiger partial charge in [-0.15, -0.1) is 0 Å². The molecule has 92 valence electrons. The highest BCUT2D eigenvalue weighted by Gasteiger charge is 2.17. The third-order valence-corrected chi connectivity index (χ3v) is 2.55. The van der Waals surface area contributed by atoms with Crippen molar-refractivity contribution in [1.82, 2.24) is 10.3 Å². The Bertz CT molecular complexity index is 423. The average molecular weight is 257 g/mol. The van der Waals surface area contributed by atoms with Gasteiger partial charge < -0.3 is 10.4 Å². The van der Waals surface area contributed by atoms with Crippen LogP contribution in [0.2, 0.25) is 5.15 Å². The average Bonchev–Trinajstić information content (AvgIpc) is 2.27. The fourth-order valence-corrected chi connectivity index (χ4v) is 1.53. The molecule has 0 aliphatic carbocycles. The van der Waals surface area contributed by atoms with Crippen LogP contribution in [0.5, 0.6) is 0 Å². The Morgan fingerprint density at radius 2 is 2.29 bits per heavy atom. The number of nitrogens with one attached hydrogen (secondary N) is 1. The highest BCUT2D eigenvalue weighted by molar-refractivity contribution is 6.32. The zero-order valence-electron chi connectivity index (χ0n) is 9.31. The fourth-order valence-electron chi connectivity index (χ4n) is 1.33. The van der Waals surface area contributed by atoms with Gasteiger partial charge in [0.25, 0.3) is 5.91 Å². The lowest BCUT2D eigenvalue weighted by Crippen LogP contribution is -2.36. The second-order valence-electron chi connectivity index (χ2n) is 3.52. The Labute approximate surface area is 104 Å².